The van der Waals surface area contributed by atoms with Gasteiger partial charge in [0.25, 0.3) is 0 Å². The molecular weight excluding hydrogens is 252 g/mol. The molecule has 0 radical (unpaired) electrons. The van der Waals surface area contributed by atoms with E-state index in [1.165, 1.54) is 0 Å². The summed E-state index contributed by atoms with van der Waals surface area (Å²) in [7, 11) is -3.32. The lowest BCUT2D eigenvalue weighted by Crippen LogP contribution is -2.28. The Morgan fingerprint density at radius 3 is 2.61 bits per heavy atom. The number of hydrogen-bond acceptors (Lipinski definition) is 4. The van der Waals surface area contributed by atoms with Gasteiger partial charge in [-0.05, 0) is 25.5 Å². The van der Waals surface area contributed by atoms with Crippen LogP contribution >= 0.6 is 0 Å². The molecule has 0 spiro atoms. The van der Waals surface area contributed by atoms with Crippen LogP contribution in [0.3, 0.4) is 0 Å². The predicted octanol–water partition coefficient (Wildman–Crippen LogP) is 1.11. The molecule has 0 saturated heterocycles. The van der Waals surface area contributed by atoms with E-state index in [2.05, 4.69) is 4.72 Å². The second-order valence-electron chi connectivity index (χ2n) is 4.26. The summed E-state index contributed by atoms with van der Waals surface area (Å²) in [4.78, 5) is 0. The van der Waals surface area contributed by atoms with Crippen molar-refractivity contribution < 1.29 is 13.2 Å². The number of ether oxygens (including phenoxy) is 1. The van der Waals surface area contributed by atoms with Gasteiger partial charge in [-0.1, -0.05) is 18.2 Å². The van der Waals surface area contributed by atoms with Crippen molar-refractivity contribution in [2.45, 2.75) is 26.5 Å². The molecule has 1 aromatic carbocycles. The fourth-order valence-corrected chi connectivity index (χ4v) is 2.18. The molecule has 0 atom stereocenters. The van der Waals surface area contributed by atoms with Crippen molar-refractivity contribution >= 4 is 15.7 Å². The topological polar surface area (TPSA) is 81.4 Å². The molecule has 0 aromatic heterocycles. The zero-order chi connectivity index (χ0) is 13.6. The SMILES string of the molecule is CC(C)OCCS(=O)(=O)NCc1ccccc1N. The van der Waals surface area contributed by atoms with E-state index in [-0.39, 0.29) is 25.0 Å². The summed E-state index contributed by atoms with van der Waals surface area (Å²) in [6, 6.07) is 7.17. The third-order valence-electron chi connectivity index (χ3n) is 2.34. The van der Waals surface area contributed by atoms with Gasteiger partial charge < -0.3 is 10.5 Å². The Balaban J connectivity index is 2.45. The Kier molecular flexibility index (Phi) is 5.58. The summed E-state index contributed by atoms with van der Waals surface area (Å²) in [5.41, 5.74) is 7.08. The summed E-state index contributed by atoms with van der Waals surface area (Å²) in [6.45, 7) is 4.13. The average Bonchev–Trinajstić information content (AvgIpc) is 2.27. The number of hydrogen-bond donors (Lipinski definition) is 2. The van der Waals surface area contributed by atoms with Crippen LogP contribution in [-0.2, 0) is 21.3 Å². The van der Waals surface area contributed by atoms with Crippen LogP contribution < -0.4 is 10.5 Å². The molecule has 6 heteroatoms. The maximum Gasteiger partial charge on any atom is 0.214 e. The van der Waals surface area contributed by atoms with Crippen LogP contribution in [0.1, 0.15) is 19.4 Å². The summed E-state index contributed by atoms with van der Waals surface area (Å²) >= 11 is 0. The molecule has 0 saturated carbocycles. The number of rotatable bonds is 7. The Morgan fingerprint density at radius 2 is 2.00 bits per heavy atom. The molecule has 0 aliphatic carbocycles. The molecule has 102 valence electrons. The van der Waals surface area contributed by atoms with E-state index >= 15 is 0 Å². The molecule has 1 rings (SSSR count). The van der Waals surface area contributed by atoms with Gasteiger partial charge in [-0.25, -0.2) is 13.1 Å². The van der Waals surface area contributed by atoms with Crippen molar-refractivity contribution in [3.63, 3.8) is 0 Å². The molecule has 18 heavy (non-hydrogen) atoms. The number of benzene rings is 1. The van der Waals surface area contributed by atoms with Crippen molar-refractivity contribution in [2.24, 2.45) is 0 Å². The highest BCUT2D eigenvalue weighted by Crippen LogP contribution is 2.10. The van der Waals surface area contributed by atoms with Gasteiger partial charge in [-0.15, -0.1) is 0 Å². The van der Waals surface area contributed by atoms with Gasteiger partial charge in [0.2, 0.25) is 10.0 Å². The van der Waals surface area contributed by atoms with Gasteiger partial charge >= 0.3 is 0 Å². The minimum atomic E-state index is -3.32. The van der Waals surface area contributed by atoms with Crippen molar-refractivity contribution in [3.05, 3.63) is 29.8 Å². The second kappa shape index (κ2) is 6.72. The number of sulfonamides is 1. The first-order valence-corrected chi connectivity index (χ1v) is 7.48. The molecule has 0 heterocycles. The molecule has 0 bridgehead atoms. The monoisotopic (exact) mass is 272 g/mol. The minimum absolute atomic E-state index is 0.0324. The molecule has 1 aromatic rings. The molecule has 0 unspecified atom stereocenters. The van der Waals surface area contributed by atoms with Gasteiger partial charge in [0, 0.05) is 12.2 Å². The molecule has 0 amide bonds. The highest BCUT2D eigenvalue weighted by Gasteiger charge is 2.11. The van der Waals surface area contributed by atoms with E-state index in [1.807, 2.05) is 26.0 Å². The number of nitrogen functional groups attached to an aromatic ring is 1. The first kappa shape index (κ1) is 14.9. The third kappa shape index (κ3) is 5.48. The molecule has 0 aliphatic heterocycles. The van der Waals surface area contributed by atoms with Crippen LogP contribution in [0.2, 0.25) is 0 Å². The Hall–Kier alpha value is -1.11. The van der Waals surface area contributed by atoms with Crippen LogP contribution in [-0.4, -0.2) is 26.9 Å². The van der Waals surface area contributed by atoms with Gasteiger partial charge in [0.1, 0.15) is 0 Å². The van der Waals surface area contributed by atoms with Gasteiger partial charge in [0.15, 0.2) is 0 Å². The first-order valence-electron chi connectivity index (χ1n) is 5.83. The quantitative estimate of drug-likeness (QED) is 0.729. The van der Waals surface area contributed by atoms with Crippen molar-refractivity contribution in [1.82, 2.24) is 4.72 Å². The predicted molar refractivity (Wildman–Crippen MR) is 72.6 cm³/mol. The van der Waals surface area contributed by atoms with E-state index in [0.717, 1.165) is 5.56 Å². The van der Waals surface area contributed by atoms with E-state index in [1.54, 1.807) is 12.1 Å². The molecular formula is C12H20N2O3S. The zero-order valence-corrected chi connectivity index (χ0v) is 11.5. The largest absolute Gasteiger partial charge is 0.398 e. The van der Waals surface area contributed by atoms with Crippen LogP contribution in [0.25, 0.3) is 0 Å². The summed E-state index contributed by atoms with van der Waals surface area (Å²) in [5, 5.41) is 0. The van der Waals surface area contributed by atoms with Gasteiger partial charge in [-0.2, -0.15) is 0 Å². The van der Waals surface area contributed by atoms with Crippen LogP contribution in [0, 0.1) is 0 Å². The molecule has 3 N–H and O–H groups in total. The smallest absolute Gasteiger partial charge is 0.214 e. The number of nitrogens with one attached hydrogen (secondary N) is 1. The lowest BCUT2D eigenvalue weighted by molar-refractivity contribution is 0.0911. The van der Waals surface area contributed by atoms with Gasteiger partial charge in [-0.3, -0.25) is 0 Å². The van der Waals surface area contributed by atoms with E-state index in [0.29, 0.717) is 5.69 Å². The second-order valence-corrected chi connectivity index (χ2v) is 6.18. The average molecular weight is 272 g/mol. The first-order chi connectivity index (χ1) is 8.41. The number of para-hydroxylation sites is 1. The number of nitrogens with two attached hydrogens (primary N) is 1. The minimum Gasteiger partial charge on any atom is -0.398 e. The van der Waals surface area contributed by atoms with Gasteiger partial charge in [0.05, 0.1) is 18.5 Å². The third-order valence-corrected chi connectivity index (χ3v) is 3.63. The van der Waals surface area contributed by atoms with Crippen molar-refractivity contribution in [3.8, 4) is 0 Å². The summed E-state index contributed by atoms with van der Waals surface area (Å²) in [5.74, 6) is -0.0437. The maximum absolute atomic E-state index is 11.7. The highest BCUT2D eigenvalue weighted by molar-refractivity contribution is 7.89. The molecule has 0 fully saturated rings. The Labute approximate surface area is 108 Å². The zero-order valence-electron chi connectivity index (χ0n) is 10.7. The van der Waals surface area contributed by atoms with Crippen LogP contribution in [0.15, 0.2) is 24.3 Å². The van der Waals surface area contributed by atoms with E-state index in [9.17, 15) is 8.42 Å². The van der Waals surface area contributed by atoms with Crippen molar-refractivity contribution in [1.29, 1.82) is 0 Å². The Morgan fingerprint density at radius 1 is 1.33 bits per heavy atom. The normalized spacial score (nSPS) is 11.9. The van der Waals surface area contributed by atoms with Crippen molar-refractivity contribution in [2.75, 3.05) is 18.1 Å². The Bertz CT molecular complexity index is 472. The lowest BCUT2D eigenvalue weighted by atomic mass is 10.2. The number of anilines is 1. The molecule has 0 aliphatic rings. The lowest BCUT2D eigenvalue weighted by Gasteiger charge is -2.10. The highest BCUT2D eigenvalue weighted by atomic mass is 32.2. The standard InChI is InChI=1S/C12H20N2O3S/c1-10(2)17-7-8-18(15,16)14-9-11-5-3-4-6-12(11)13/h3-6,10,14H,7-9,13H2,1-2H3. The molecule has 5 nitrogen and oxygen atoms in total. The van der Waals surface area contributed by atoms with Crippen LogP contribution in [0.4, 0.5) is 5.69 Å². The fourth-order valence-electron chi connectivity index (χ4n) is 1.35. The van der Waals surface area contributed by atoms with Crippen LogP contribution in [0.5, 0.6) is 0 Å². The maximum atomic E-state index is 11.7. The summed E-state index contributed by atoms with van der Waals surface area (Å²) < 4.78 is 31.0. The summed E-state index contributed by atoms with van der Waals surface area (Å²) in [6.07, 6.45) is 0.0324. The fraction of sp³-hybridized carbons (Fsp3) is 0.500. The van der Waals surface area contributed by atoms with E-state index < -0.39 is 10.0 Å². The van der Waals surface area contributed by atoms with E-state index in [4.69, 9.17) is 10.5 Å².